The third-order valence-electron chi connectivity index (χ3n) is 6.27. The minimum Gasteiger partial charge on any atom is -0.497 e. The molecular weight excluding hydrogens is 462 g/mol. The van der Waals surface area contributed by atoms with Gasteiger partial charge in [0.2, 0.25) is 0 Å². The van der Waals surface area contributed by atoms with Gasteiger partial charge in [-0.15, -0.1) is 11.3 Å². The van der Waals surface area contributed by atoms with Crippen LogP contribution in [0.25, 0.3) is 0 Å². The van der Waals surface area contributed by atoms with E-state index in [0.29, 0.717) is 25.3 Å². The summed E-state index contributed by atoms with van der Waals surface area (Å²) in [6, 6.07) is 13.3. The Kier molecular flexibility index (Phi) is 8.74. The molecule has 1 aliphatic rings. The smallest absolute Gasteiger partial charge is 0.254 e. The van der Waals surface area contributed by atoms with Crippen molar-refractivity contribution in [3.63, 3.8) is 0 Å². The second-order valence-corrected chi connectivity index (χ2v) is 9.57. The van der Waals surface area contributed by atoms with Gasteiger partial charge in [0.25, 0.3) is 5.91 Å². The molecule has 2 aromatic carbocycles. The Morgan fingerprint density at radius 1 is 1.14 bits per heavy atom. The van der Waals surface area contributed by atoms with Gasteiger partial charge in [0.1, 0.15) is 23.1 Å². The number of methoxy groups -OCH3 is 1. The normalized spacial score (nSPS) is 14.0. The zero-order valence-electron chi connectivity index (χ0n) is 20.7. The first-order valence-electron chi connectivity index (χ1n) is 11.9. The number of hydrogen-bond acceptors (Lipinski definition) is 7. The lowest BCUT2D eigenvalue weighted by Crippen LogP contribution is -2.43. The molecule has 8 heteroatoms. The van der Waals surface area contributed by atoms with Crippen molar-refractivity contribution in [2.24, 2.45) is 0 Å². The van der Waals surface area contributed by atoms with Crippen LogP contribution in [0.15, 0.2) is 47.8 Å². The minimum atomic E-state index is -0.0119. The first-order valence-corrected chi connectivity index (χ1v) is 12.8. The Labute approximate surface area is 211 Å². The van der Waals surface area contributed by atoms with Crippen LogP contribution in [0.4, 0.5) is 0 Å². The number of thiazole rings is 1. The van der Waals surface area contributed by atoms with Gasteiger partial charge in [0, 0.05) is 37.1 Å². The van der Waals surface area contributed by atoms with Crippen molar-refractivity contribution in [3.05, 3.63) is 75.2 Å². The van der Waals surface area contributed by atoms with Crippen molar-refractivity contribution >= 4 is 17.2 Å². The van der Waals surface area contributed by atoms with Crippen molar-refractivity contribution in [1.82, 2.24) is 14.8 Å². The Hall–Kier alpha value is -2.94. The molecular formula is C27H33N3O4S. The van der Waals surface area contributed by atoms with Crippen LogP contribution >= 0.6 is 11.3 Å². The highest BCUT2D eigenvalue weighted by molar-refractivity contribution is 7.09. The summed E-state index contributed by atoms with van der Waals surface area (Å²) in [6.07, 6.45) is 0. The number of aromatic nitrogens is 1. The van der Waals surface area contributed by atoms with Crippen LogP contribution in [-0.4, -0.2) is 67.2 Å². The largest absolute Gasteiger partial charge is 0.497 e. The summed E-state index contributed by atoms with van der Waals surface area (Å²) >= 11 is 1.56. The van der Waals surface area contributed by atoms with Gasteiger partial charge < -0.3 is 19.1 Å². The highest BCUT2D eigenvalue weighted by Gasteiger charge is 2.20. The number of morpholine rings is 1. The van der Waals surface area contributed by atoms with Gasteiger partial charge in [-0.25, -0.2) is 4.98 Å². The second kappa shape index (κ2) is 12.2. The maximum absolute atomic E-state index is 13.4. The summed E-state index contributed by atoms with van der Waals surface area (Å²) in [5.41, 5.74) is 3.86. The zero-order valence-corrected chi connectivity index (χ0v) is 21.5. The van der Waals surface area contributed by atoms with Gasteiger partial charge in [0.15, 0.2) is 0 Å². The molecule has 0 bridgehead atoms. The van der Waals surface area contributed by atoms with E-state index in [1.165, 1.54) is 5.56 Å². The van der Waals surface area contributed by atoms with Gasteiger partial charge in [-0.05, 0) is 55.3 Å². The molecule has 1 aliphatic heterocycles. The molecule has 0 saturated carbocycles. The zero-order chi connectivity index (χ0) is 24.6. The average molecular weight is 496 g/mol. The van der Waals surface area contributed by atoms with E-state index >= 15 is 0 Å². The van der Waals surface area contributed by atoms with Crippen LogP contribution < -0.4 is 9.47 Å². The van der Waals surface area contributed by atoms with Crippen LogP contribution in [-0.2, 0) is 17.9 Å². The molecule has 35 heavy (non-hydrogen) atoms. The summed E-state index contributed by atoms with van der Waals surface area (Å²) in [7, 11) is 1.62. The Morgan fingerprint density at radius 2 is 1.91 bits per heavy atom. The SMILES string of the molecule is COc1ccc(C(=O)N(CCN2CCOCC2)Cc2csc(COc3cccc(C)c3C)n2)cc1. The summed E-state index contributed by atoms with van der Waals surface area (Å²) in [4.78, 5) is 22.4. The van der Waals surface area contributed by atoms with Crippen molar-refractivity contribution in [3.8, 4) is 11.5 Å². The Morgan fingerprint density at radius 3 is 2.66 bits per heavy atom. The average Bonchev–Trinajstić information content (AvgIpc) is 3.35. The molecule has 1 saturated heterocycles. The molecule has 4 rings (SSSR count). The van der Waals surface area contributed by atoms with Gasteiger partial charge in [-0.2, -0.15) is 0 Å². The van der Waals surface area contributed by atoms with Crippen molar-refractivity contribution in [1.29, 1.82) is 0 Å². The molecule has 0 aliphatic carbocycles. The number of carbonyl (C=O) groups is 1. The fourth-order valence-corrected chi connectivity index (χ4v) is 4.66. The predicted octanol–water partition coefficient (Wildman–Crippen LogP) is 4.32. The van der Waals surface area contributed by atoms with Crippen LogP contribution in [0.2, 0.25) is 0 Å². The number of rotatable bonds is 10. The molecule has 186 valence electrons. The van der Waals surface area contributed by atoms with Gasteiger partial charge in [-0.1, -0.05) is 12.1 Å². The molecule has 1 aromatic heterocycles. The van der Waals surface area contributed by atoms with E-state index in [1.807, 2.05) is 46.7 Å². The topological polar surface area (TPSA) is 64.1 Å². The van der Waals surface area contributed by atoms with Crippen LogP contribution in [0.3, 0.4) is 0 Å². The lowest BCUT2D eigenvalue weighted by Gasteiger charge is -2.30. The molecule has 7 nitrogen and oxygen atoms in total. The van der Waals surface area contributed by atoms with E-state index in [2.05, 4.69) is 24.8 Å². The monoisotopic (exact) mass is 495 g/mol. The maximum atomic E-state index is 13.4. The van der Waals surface area contributed by atoms with Crippen LogP contribution in [0.5, 0.6) is 11.5 Å². The van der Waals surface area contributed by atoms with Crippen LogP contribution in [0.1, 0.15) is 32.2 Å². The number of hydrogen-bond donors (Lipinski definition) is 0. The van der Waals surface area contributed by atoms with E-state index in [1.54, 1.807) is 18.4 Å². The van der Waals surface area contributed by atoms with E-state index in [0.717, 1.165) is 60.6 Å². The van der Waals surface area contributed by atoms with Gasteiger partial charge >= 0.3 is 0 Å². The predicted molar refractivity (Wildman–Crippen MR) is 137 cm³/mol. The van der Waals surface area contributed by atoms with Crippen molar-refractivity contribution in [2.45, 2.75) is 27.0 Å². The standard InChI is InChI=1S/C27H33N3O4S/c1-20-5-4-6-25(21(20)2)34-18-26-28-23(19-35-26)17-30(12-11-29-13-15-33-16-14-29)27(31)22-7-9-24(32-3)10-8-22/h4-10,19H,11-18H2,1-3H3. The summed E-state index contributed by atoms with van der Waals surface area (Å²) in [5, 5.41) is 2.91. The second-order valence-electron chi connectivity index (χ2n) is 8.63. The maximum Gasteiger partial charge on any atom is 0.254 e. The lowest BCUT2D eigenvalue weighted by atomic mass is 10.1. The minimum absolute atomic E-state index is 0.0119. The van der Waals surface area contributed by atoms with E-state index in [4.69, 9.17) is 19.2 Å². The number of benzene rings is 2. The molecule has 1 amide bonds. The van der Waals surface area contributed by atoms with Crippen LogP contribution in [0, 0.1) is 13.8 Å². The number of nitrogens with zero attached hydrogens (tertiary/aromatic N) is 3. The molecule has 0 unspecified atom stereocenters. The third-order valence-corrected chi connectivity index (χ3v) is 7.14. The molecule has 2 heterocycles. The summed E-state index contributed by atoms with van der Waals surface area (Å²) in [6.45, 7) is 9.69. The summed E-state index contributed by atoms with van der Waals surface area (Å²) < 4.78 is 16.7. The lowest BCUT2D eigenvalue weighted by molar-refractivity contribution is 0.0319. The first kappa shape index (κ1) is 25.2. The number of aryl methyl sites for hydroxylation is 1. The highest BCUT2D eigenvalue weighted by Crippen LogP contribution is 2.23. The van der Waals surface area contributed by atoms with E-state index in [9.17, 15) is 4.79 Å². The fourth-order valence-electron chi connectivity index (χ4n) is 3.96. The fraction of sp³-hybridized carbons (Fsp3) is 0.407. The van der Waals surface area contributed by atoms with Crippen molar-refractivity contribution in [2.75, 3.05) is 46.5 Å². The van der Waals surface area contributed by atoms with Crippen molar-refractivity contribution < 1.29 is 19.0 Å². The molecule has 0 spiro atoms. The highest BCUT2D eigenvalue weighted by atomic mass is 32.1. The molecule has 0 atom stereocenters. The van der Waals surface area contributed by atoms with E-state index in [-0.39, 0.29) is 5.91 Å². The third kappa shape index (κ3) is 6.81. The number of carbonyl (C=O) groups excluding carboxylic acids is 1. The molecule has 1 fully saturated rings. The molecule has 0 radical (unpaired) electrons. The molecule has 0 N–H and O–H groups in total. The number of amides is 1. The molecule has 3 aromatic rings. The number of ether oxygens (including phenoxy) is 3. The first-order chi connectivity index (χ1) is 17.0. The Bertz CT molecular complexity index is 1110. The quantitative estimate of drug-likeness (QED) is 0.417. The van der Waals surface area contributed by atoms with Gasteiger partial charge in [0.05, 0.1) is 32.6 Å². The Balaban J connectivity index is 1.43. The van der Waals surface area contributed by atoms with Gasteiger partial charge in [-0.3, -0.25) is 9.69 Å². The summed E-state index contributed by atoms with van der Waals surface area (Å²) in [5.74, 6) is 1.60. The van der Waals surface area contributed by atoms with E-state index < -0.39 is 0 Å².